The molecule has 1 heterocycles. The average molecular weight is 476 g/mol. The van der Waals surface area contributed by atoms with E-state index in [1.807, 2.05) is 56.0 Å². The second-order valence-electron chi connectivity index (χ2n) is 9.45. The van der Waals surface area contributed by atoms with Crippen LogP contribution in [0, 0.1) is 24.2 Å². The summed E-state index contributed by atoms with van der Waals surface area (Å²) < 4.78 is 0. The van der Waals surface area contributed by atoms with Gasteiger partial charge in [-0.05, 0) is 67.0 Å². The van der Waals surface area contributed by atoms with Crippen molar-refractivity contribution in [3.63, 3.8) is 0 Å². The number of likely N-dealkylation sites (tertiary alicyclic amines) is 1. The Bertz CT molecular complexity index is 1110. The van der Waals surface area contributed by atoms with E-state index in [0.29, 0.717) is 35.8 Å². The number of primary amides is 1. The predicted molar refractivity (Wildman–Crippen MR) is 135 cm³/mol. The molecule has 1 aliphatic rings. The lowest BCUT2D eigenvalue weighted by Gasteiger charge is -2.32. The Morgan fingerprint density at radius 1 is 1.11 bits per heavy atom. The summed E-state index contributed by atoms with van der Waals surface area (Å²) in [4.78, 5) is 38.9. The number of aryl methyl sites for hydroxylation is 1. The van der Waals surface area contributed by atoms with E-state index in [1.165, 1.54) is 5.56 Å². The maximum atomic E-state index is 13.2. The zero-order chi connectivity index (χ0) is 25.5. The number of anilines is 1. The van der Waals surface area contributed by atoms with Crippen molar-refractivity contribution in [1.82, 2.24) is 10.2 Å². The Kier molecular flexibility index (Phi) is 8.48. The average Bonchev–Trinajstić information content (AvgIpc) is 2.84. The third-order valence-electron chi connectivity index (χ3n) is 6.57. The van der Waals surface area contributed by atoms with Gasteiger partial charge in [0, 0.05) is 36.8 Å². The standard InChI is InChI=1S/C27H33N5O3/c1-17(2)23(15-25(29)33)30-27(35)31-24-14-22(7-4-18(24)3)26(34)32-12-10-21(11-13-32)20-8-5-19(16-28)6-9-20/h4-9,14,17,21,23H,10-13,15H2,1-3H3,(H2,29,33)(H2,30,31,35). The van der Waals surface area contributed by atoms with Crippen molar-refractivity contribution < 1.29 is 14.4 Å². The van der Waals surface area contributed by atoms with E-state index in [2.05, 4.69) is 16.7 Å². The van der Waals surface area contributed by atoms with Crippen LogP contribution in [0.4, 0.5) is 10.5 Å². The van der Waals surface area contributed by atoms with Crippen LogP contribution in [0.2, 0.25) is 0 Å². The first-order valence-electron chi connectivity index (χ1n) is 11.9. The van der Waals surface area contributed by atoms with E-state index in [-0.39, 0.29) is 24.3 Å². The summed E-state index contributed by atoms with van der Waals surface area (Å²) in [6, 6.07) is 14.3. The van der Waals surface area contributed by atoms with Gasteiger partial charge in [-0.25, -0.2) is 4.79 Å². The first-order valence-corrected chi connectivity index (χ1v) is 11.9. The molecule has 4 N–H and O–H groups in total. The molecule has 0 radical (unpaired) electrons. The van der Waals surface area contributed by atoms with Gasteiger partial charge in [-0.2, -0.15) is 5.26 Å². The fourth-order valence-electron chi connectivity index (χ4n) is 4.31. The normalized spacial score (nSPS) is 14.8. The monoisotopic (exact) mass is 475 g/mol. The molecular formula is C27H33N5O3. The third kappa shape index (κ3) is 6.82. The van der Waals surface area contributed by atoms with Gasteiger partial charge in [-0.3, -0.25) is 9.59 Å². The van der Waals surface area contributed by atoms with Crippen molar-refractivity contribution in [3.8, 4) is 6.07 Å². The Balaban J connectivity index is 1.62. The van der Waals surface area contributed by atoms with Gasteiger partial charge in [0.25, 0.3) is 5.91 Å². The molecule has 0 spiro atoms. The van der Waals surface area contributed by atoms with Crippen LogP contribution >= 0.6 is 0 Å². The molecule has 184 valence electrons. The molecule has 0 aliphatic carbocycles. The minimum Gasteiger partial charge on any atom is -0.370 e. The highest BCUT2D eigenvalue weighted by Gasteiger charge is 2.25. The molecule has 1 atom stereocenters. The van der Waals surface area contributed by atoms with Gasteiger partial charge < -0.3 is 21.3 Å². The Morgan fingerprint density at radius 2 is 1.77 bits per heavy atom. The van der Waals surface area contributed by atoms with Crippen LogP contribution in [0.1, 0.15) is 66.1 Å². The Morgan fingerprint density at radius 3 is 2.34 bits per heavy atom. The Labute approximate surface area is 206 Å². The van der Waals surface area contributed by atoms with Crippen molar-refractivity contribution >= 4 is 23.5 Å². The number of nitrogens with zero attached hydrogens (tertiary/aromatic N) is 2. The van der Waals surface area contributed by atoms with Gasteiger partial charge in [0.15, 0.2) is 0 Å². The maximum Gasteiger partial charge on any atom is 0.319 e. The number of urea groups is 1. The summed E-state index contributed by atoms with van der Waals surface area (Å²) in [6.45, 7) is 6.95. The second-order valence-corrected chi connectivity index (χ2v) is 9.45. The molecule has 0 saturated carbocycles. The van der Waals surface area contributed by atoms with Gasteiger partial charge in [0.1, 0.15) is 0 Å². The maximum absolute atomic E-state index is 13.2. The molecule has 2 aromatic carbocycles. The molecule has 2 aromatic rings. The van der Waals surface area contributed by atoms with Crippen LogP contribution in [0.15, 0.2) is 42.5 Å². The van der Waals surface area contributed by atoms with E-state index in [9.17, 15) is 14.4 Å². The highest BCUT2D eigenvalue weighted by molar-refractivity contribution is 5.97. The highest BCUT2D eigenvalue weighted by atomic mass is 16.2. The lowest BCUT2D eigenvalue weighted by molar-refractivity contribution is -0.118. The largest absolute Gasteiger partial charge is 0.370 e. The molecule has 4 amide bonds. The van der Waals surface area contributed by atoms with Crippen LogP contribution in [0.3, 0.4) is 0 Å². The zero-order valence-corrected chi connectivity index (χ0v) is 20.5. The number of nitrogens with one attached hydrogen (secondary N) is 2. The number of hydrogen-bond acceptors (Lipinski definition) is 4. The number of nitrogens with two attached hydrogens (primary N) is 1. The molecule has 35 heavy (non-hydrogen) atoms. The number of carbonyl (C=O) groups is 3. The topological polar surface area (TPSA) is 128 Å². The van der Waals surface area contributed by atoms with Crippen LogP contribution in [-0.2, 0) is 4.79 Å². The molecule has 1 fully saturated rings. The third-order valence-corrected chi connectivity index (χ3v) is 6.57. The number of nitriles is 1. The summed E-state index contributed by atoms with van der Waals surface area (Å²) >= 11 is 0. The number of carbonyl (C=O) groups excluding carboxylic acids is 3. The Hall–Kier alpha value is -3.86. The zero-order valence-electron chi connectivity index (χ0n) is 20.5. The first kappa shape index (κ1) is 25.8. The lowest BCUT2D eigenvalue weighted by Crippen LogP contribution is -2.43. The number of piperidine rings is 1. The minimum absolute atomic E-state index is 0.0365. The van der Waals surface area contributed by atoms with Crippen molar-refractivity contribution in [2.24, 2.45) is 11.7 Å². The molecule has 1 unspecified atom stereocenters. The van der Waals surface area contributed by atoms with Crippen molar-refractivity contribution in [2.75, 3.05) is 18.4 Å². The molecule has 1 aliphatic heterocycles. The minimum atomic E-state index is -0.476. The molecule has 8 heteroatoms. The summed E-state index contributed by atoms with van der Waals surface area (Å²) in [6.07, 6.45) is 1.77. The van der Waals surface area contributed by atoms with Crippen LogP contribution in [-0.4, -0.2) is 41.9 Å². The van der Waals surface area contributed by atoms with Crippen LogP contribution in [0.5, 0.6) is 0 Å². The lowest BCUT2D eigenvalue weighted by atomic mass is 9.89. The summed E-state index contributed by atoms with van der Waals surface area (Å²) in [5.41, 5.74) is 9.02. The quantitative estimate of drug-likeness (QED) is 0.561. The molecule has 8 nitrogen and oxygen atoms in total. The predicted octanol–water partition coefficient (Wildman–Crippen LogP) is 3.91. The highest BCUT2D eigenvalue weighted by Crippen LogP contribution is 2.29. The summed E-state index contributed by atoms with van der Waals surface area (Å²) in [5, 5.41) is 14.6. The number of amides is 4. The van der Waals surface area contributed by atoms with Crippen molar-refractivity contribution in [1.29, 1.82) is 5.26 Å². The van der Waals surface area contributed by atoms with E-state index < -0.39 is 11.9 Å². The van der Waals surface area contributed by atoms with E-state index in [4.69, 9.17) is 11.0 Å². The van der Waals surface area contributed by atoms with Gasteiger partial charge in [-0.1, -0.05) is 32.0 Å². The summed E-state index contributed by atoms with van der Waals surface area (Å²) in [5.74, 6) is -0.147. The molecule has 0 aromatic heterocycles. The van der Waals surface area contributed by atoms with Gasteiger partial charge >= 0.3 is 6.03 Å². The van der Waals surface area contributed by atoms with Crippen molar-refractivity contribution in [3.05, 3.63) is 64.7 Å². The number of benzene rings is 2. The van der Waals surface area contributed by atoms with Gasteiger partial charge in [-0.15, -0.1) is 0 Å². The van der Waals surface area contributed by atoms with Crippen LogP contribution < -0.4 is 16.4 Å². The van der Waals surface area contributed by atoms with Crippen LogP contribution in [0.25, 0.3) is 0 Å². The smallest absolute Gasteiger partial charge is 0.319 e. The SMILES string of the molecule is Cc1ccc(C(=O)N2CCC(c3ccc(C#N)cc3)CC2)cc1NC(=O)NC(CC(N)=O)C(C)C. The fraction of sp³-hybridized carbons (Fsp3) is 0.407. The number of rotatable bonds is 7. The van der Waals surface area contributed by atoms with Crippen molar-refractivity contribution in [2.45, 2.75) is 52.0 Å². The molecule has 3 rings (SSSR count). The van der Waals surface area contributed by atoms with Gasteiger partial charge in [0.2, 0.25) is 5.91 Å². The van der Waals surface area contributed by atoms with E-state index in [1.54, 1.807) is 12.1 Å². The van der Waals surface area contributed by atoms with Gasteiger partial charge in [0.05, 0.1) is 11.6 Å². The second kappa shape index (κ2) is 11.5. The first-order chi connectivity index (χ1) is 16.7. The molecule has 1 saturated heterocycles. The fourth-order valence-corrected chi connectivity index (χ4v) is 4.31. The number of hydrogen-bond donors (Lipinski definition) is 3. The summed E-state index contributed by atoms with van der Waals surface area (Å²) in [7, 11) is 0. The van der Waals surface area contributed by atoms with E-state index >= 15 is 0 Å². The van der Waals surface area contributed by atoms with E-state index in [0.717, 1.165) is 18.4 Å². The molecule has 0 bridgehead atoms. The molecular weight excluding hydrogens is 442 g/mol.